The van der Waals surface area contributed by atoms with Gasteiger partial charge in [-0.2, -0.15) is 0 Å². The van der Waals surface area contributed by atoms with Crippen molar-refractivity contribution in [2.45, 2.75) is 82.1 Å². The summed E-state index contributed by atoms with van der Waals surface area (Å²) < 4.78 is 5.92. The Hall–Kier alpha value is -1.76. The van der Waals surface area contributed by atoms with E-state index in [0.717, 1.165) is 24.0 Å². The summed E-state index contributed by atoms with van der Waals surface area (Å²) in [5.74, 6) is 1.55. The van der Waals surface area contributed by atoms with Gasteiger partial charge in [0.1, 0.15) is 11.2 Å². The summed E-state index contributed by atoms with van der Waals surface area (Å²) in [6.45, 7) is 24.2. The maximum absolute atomic E-state index is 5.92. The molecule has 0 aromatic carbocycles. The van der Waals surface area contributed by atoms with Crippen LogP contribution in [0.5, 0.6) is 0 Å². The number of allylic oxidation sites excluding steroid dienone is 4. The number of hydrogen-bond donors (Lipinski definition) is 0. The van der Waals surface area contributed by atoms with Gasteiger partial charge >= 0.3 is 0 Å². The first-order chi connectivity index (χ1) is 12.6. The maximum Gasteiger partial charge on any atom is 0.131 e. The van der Waals surface area contributed by atoms with Crippen molar-refractivity contribution in [1.82, 2.24) is 0 Å². The molecule has 1 aromatic rings. The van der Waals surface area contributed by atoms with Crippen molar-refractivity contribution in [3.8, 4) is 0 Å². The van der Waals surface area contributed by atoms with Gasteiger partial charge in [0.2, 0.25) is 0 Å². The van der Waals surface area contributed by atoms with E-state index in [1.54, 1.807) is 0 Å². The number of hydrogen-bond acceptors (Lipinski definition) is 1. The molecule has 0 saturated carbocycles. The zero-order valence-corrected chi connectivity index (χ0v) is 19.1. The zero-order chi connectivity index (χ0) is 21.0. The molecule has 1 nitrogen and oxygen atoms in total. The largest absolute Gasteiger partial charge is 0.457 e. The van der Waals surface area contributed by atoms with Gasteiger partial charge < -0.3 is 4.42 Å². The highest BCUT2D eigenvalue weighted by Gasteiger charge is 2.06. The van der Waals surface area contributed by atoms with Crippen LogP contribution in [0.15, 0.2) is 35.3 Å². The van der Waals surface area contributed by atoms with E-state index >= 15 is 0 Å². The van der Waals surface area contributed by atoms with Gasteiger partial charge in [-0.3, -0.25) is 0 Å². The minimum Gasteiger partial charge on any atom is -0.457 e. The fraction of sp³-hybridized carbons (Fsp3) is 0.520. The summed E-state index contributed by atoms with van der Waals surface area (Å²) in [5.41, 5.74) is 2.17. The molecule has 0 fully saturated rings. The molecule has 0 spiro atoms. The molecule has 0 aliphatic rings. The van der Waals surface area contributed by atoms with Gasteiger partial charge in [0.15, 0.2) is 0 Å². The van der Waals surface area contributed by atoms with Gasteiger partial charge in [0.25, 0.3) is 0 Å². The minimum absolute atomic E-state index is 0.603. The van der Waals surface area contributed by atoms with Crippen molar-refractivity contribution < 1.29 is 4.42 Å². The van der Waals surface area contributed by atoms with Gasteiger partial charge in [-0.25, -0.2) is 0 Å². The van der Waals surface area contributed by atoms with Crippen LogP contribution in [0.25, 0.3) is 18.2 Å². The number of rotatable bonds is 6. The second kappa shape index (κ2) is 21.3. The zero-order valence-electron chi connectivity index (χ0n) is 19.1. The van der Waals surface area contributed by atoms with E-state index in [9.17, 15) is 0 Å². The van der Waals surface area contributed by atoms with E-state index in [4.69, 9.17) is 4.42 Å². The Morgan fingerprint density at radius 3 is 1.92 bits per heavy atom. The molecular formula is C25H44O. The highest BCUT2D eigenvalue weighted by Crippen LogP contribution is 2.08. The van der Waals surface area contributed by atoms with Crippen LogP contribution in [-0.2, 0) is 6.42 Å². The van der Waals surface area contributed by atoms with E-state index in [-0.39, 0.29) is 0 Å². The average molecular weight is 361 g/mol. The Bertz CT molecular complexity index is 595. The minimum atomic E-state index is 0.603. The van der Waals surface area contributed by atoms with Crippen LogP contribution >= 0.6 is 0 Å². The summed E-state index contributed by atoms with van der Waals surface area (Å²) in [6.07, 6.45) is 16.4. The molecule has 0 N–H and O–H groups in total. The predicted molar refractivity (Wildman–Crippen MR) is 124 cm³/mol. The van der Waals surface area contributed by atoms with Crippen molar-refractivity contribution in [1.29, 1.82) is 0 Å². The molecule has 0 atom stereocenters. The smallest absolute Gasteiger partial charge is 0.131 e. The van der Waals surface area contributed by atoms with Crippen molar-refractivity contribution >= 4 is 18.2 Å². The van der Waals surface area contributed by atoms with Crippen molar-refractivity contribution in [2.24, 2.45) is 5.92 Å². The van der Waals surface area contributed by atoms with Crippen LogP contribution < -0.4 is 10.6 Å². The molecule has 0 radical (unpaired) electrons. The molecular weight excluding hydrogens is 316 g/mol. The second-order valence-electron chi connectivity index (χ2n) is 5.10. The van der Waals surface area contributed by atoms with E-state index in [1.165, 1.54) is 10.8 Å². The predicted octanol–water partition coefficient (Wildman–Crippen LogP) is 7.30. The highest BCUT2D eigenvalue weighted by atomic mass is 16.3. The molecule has 1 rings (SSSR count). The van der Waals surface area contributed by atoms with E-state index in [1.807, 2.05) is 67.5 Å². The normalized spacial score (nSPS) is 11.7. The third-order valence-corrected chi connectivity index (χ3v) is 3.07. The number of furan rings is 1. The Morgan fingerprint density at radius 1 is 0.923 bits per heavy atom. The van der Waals surface area contributed by atoms with Crippen molar-refractivity contribution in [3.63, 3.8) is 0 Å². The SMILES string of the molecule is C=CCc1c(/C=C\C/C=C\C(C)C)oc(=C/C)/c1=C\C.CC.CC.CC. The molecule has 1 aromatic heterocycles. The monoisotopic (exact) mass is 360 g/mol. The first-order valence-corrected chi connectivity index (χ1v) is 10.3. The summed E-state index contributed by atoms with van der Waals surface area (Å²) in [7, 11) is 0. The Labute approximate surface area is 163 Å². The molecule has 0 saturated heterocycles. The lowest BCUT2D eigenvalue weighted by atomic mass is 10.1. The van der Waals surface area contributed by atoms with Crippen LogP contribution in [0.1, 0.15) is 87.0 Å². The Morgan fingerprint density at radius 2 is 1.50 bits per heavy atom. The van der Waals surface area contributed by atoms with Crippen LogP contribution in [0.3, 0.4) is 0 Å². The summed E-state index contributed by atoms with van der Waals surface area (Å²) in [4.78, 5) is 0. The van der Waals surface area contributed by atoms with Gasteiger partial charge in [0.05, 0.1) is 0 Å². The lowest BCUT2D eigenvalue weighted by Gasteiger charge is -1.94. The van der Waals surface area contributed by atoms with Crippen LogP contribution in [-0.4, -0.2) is 0 Å². The Balaban J connectivity index is -0.000000795. The fourth-order valence-corrected chi connectivity index (χ4v) is 2.14. The van der Waals surface area contributed by atoms with Crippen molar-refractivity contribution in [2.75, 3.05) is 0 Å². The second-order valence-corrected chi connectivity index (χ2v) is 5.10. The third kappa shape index (κ3) is 11.7. The van der Waals surface area contributed by atoms with E-state index < -0.39 is 0 Å². The molecule has 1 heteroatoms. The van der Waals surface area contributed by atoms with Crippen LogP contribution in [0.4, 0.5) is 0 Å². The highest BCUT2D eigenvalue weighted by molar-refractivity contribution is 5.51. The summed E-state index contributed by atoms with van der Waals surface area (Å²) in [6, 6.07) is 0. The van der Waals surface area contributed by atoms with Crippen LogP contribution in [0, 0.1) is 5.92 Å². The standard InChI is InChI=1S/C19H26O.3C2H6/c1-6-12-17-16(7-2)18(8-3)20-19(17)14-11-9-10-13-15(4)5;3*1-2/h6-8,10-11,13-15H,1,9,12H2,2-5H3;3*1-2H3/b13-10-,14-11-,16-7-,18-8+;;;. The molecule has 0 amide bonds. The first kappa shape index (κ1) is 29.0. The van der Waals surface area contributed by atoms with Gasteiger partial charge in [-0.05, 0) is 44.8 Å². The average Bonchev–Trinajstić information content (AvgIpc) is 3.03. The molecule has 26 heavy (non-hydrogen) atoms. The van der Waals surface area contributed by atoms with Gasteiger partial charge in [0, 0.05) is 10.8 Å². The van der Waals surface area contributed by atoms with Gasteiger partial charge in [-0.1, -0.05) is 85.8 Å². The Kier molecular flexibility index (Phi) is 23.8. The molecule has 0 unspecified atom stereocenters. The molecule has 0 aliphatic heterocycles. The molecule has 0 aliphatic carbocycles. The van der Waals surface area contributed by atoms with Crippen molar-refractivity contribution in [3.05, 3.63) is 52.8 Å². The topological polar surface area (TPSA) is 13.1 Å². The fourth-order valence-electron chi connectivity index (χ4n) is 2.14. The lowest BCUT2D eigenvalue weighted by Crippen LogP contribution is -2.21. The van der Waals surface area contributed by atoms with E-state index in [2.05, 4.69) is 50.8 Å². The molecule has 150 valence electrons. The molecule has 0 bridgehead atoms. The summed E-state index contributed by atoms with van der Waals surface area (Å²) in [5, 5.41) is 1.18. The van der Waals surface area contributed by atoms with Crippen LogP contribution in [0.2, 0.25) is 0 Å². The molecule has 1 heterocycles. The van der Waals surface area contributed by atoms with E-state index in [0.29, 0.717) is 5.92 Å². The lowest BCUT2D eigenvalue weighted by molar-refractivity contribution is 0.519. The first-order valence-electron chi connectivity index (χ1n) is 10.3. The summed E-state index contributed by atoms with van der Waals surface area (Å²) >= 11 is 0. The third-order valence-electron chi connectivity index (χ3n) is 3.07. The quantitative estimate of drug-likeness (QED) is 0.485. The van der Waals surface area contributed by atoms with Gasteiger partial charge in [-0.15, -0.1) is 6.58 Å². The maximum atomic E-state index is 5.92.